The molecule has 2 heterocycles. The number of fused-ring (bicyclic) bond motifs is 2. The molecule has 11 nitrogen and oxygen atoms in total. The Balaban J connectivity index is 1.47. The van der Waals surface area contributed by atoms with Crippen molar-refractivity contribution in [1.29, 1.82) is 0 Å². The molecule has 0 bridgehead atoms. The smallest absolute Gasteiger partial charge is 0.269 e. The van der Waals surface area contributed by atoms with E-state index in [4.69, 9.17) is 14.2 Å². The lowest BCUT2D eigenvalue weighted by Gasteiger charge is -2.36. The van der Waals surface area contributed by atoms with Gasteiger partial charge in [-0.05, 0) is 42.2 Å². The zero-order valence-corrected chi connectivity index (χ0v) is 21.3. The van der Waals surface area contributed by atoms with Crippen molar-refractivity contribution in [1.82, 2.24) is 4.90 Å². The van der Waals surface area contributed by atoms with Gasteiger partial charge in [0, 0.05) is 24.7 Å². The summed E-state index contributed by atoms with van der Waals surface area (Å²) in [6, 6.07) is 17.9. The van der Waals surface area contributed by atoms with E-state index in [1.807, 2.05) is 30.3 Å². The lowest BCUT2D eigenvalue weighted by Crippen LogP contribution is -2.53. The number of nitrogens with zero attached hydrogens (tertiary/aromatic N) is 3. The zero-order valence-electron chi connectivity index (χ0n) is 21.3. The normalized spacial score (nSPS) is 19.2. The molecule has 0 spiro atoms. The Morgan fingerprint density at radius 1 is 1.05 bits per heavy atom. The quantitative estimate of drug-likeness (QED) is 0.240. The van der Waals surface area contributed by atoms with Crippen LogP contribution in [0, 0.1) is 10.1 Å². The molecule has 5 rings (SSSR count). The number of non-ortho nitro benzene ring substituents is 1. The monoisotopic (exact) mass is 535 g/mol. The molecule has 3 aromatic carbocycles. The van der Waals surface area contributed by atoms with Crippen LogP contribution in [0.25, 0.3) is 0 Å². The number of anilines is 1. The highest BCUT2D eigenvalue weighted by atomic mass is 16.6. The summed E-state index contributed by atoms with van der Waals surface area (Å²) in [6.07, 6.45) is -1.63. The van der Waals surface area contributed by atoms with E-state index in [1.165, 1.54) is 36.3 Å². The SMILES string of the molecule is COc1cc2c(cc1OCc1ccccc1)N(C(O)OCc1ccc([N+](=O)[O-])cc1)C(O)[C@@H]1CCCN1C2=O. The van der Waals surface area contributed by atoms with Crippen molar-refractivity contribution in [3.05, 3.63) is 93.5 Å². The molecule has 0 aromatic heterocycles. The number of aliphatic hydroxyl groups excluding tert-OH is 2. The highest BCUT2D eigenvalue weighted by Gasteiger charge is 2.44. The van der Waals surface area contributed by atoms with E-state index in [0.29, 0.717) is 36.4 Å². The Kier molecular flexibility index (Phi) is 7.64. The molecule has 11 heteroatoms. The molecule has 1 fully saturated rings. The van der Waals surface area contributed by atoms with Gasteiger partial charge in [0.2, 0.25) is 6.41 Å². The van der Waals surface area contributed by atoms with Gasteiger partial charge < -0.3 is 29.3 Å². The first-order valence-corrected chi connectivity index (χ1v) is 12.6. The van der Waals surface area contributed by atoms with E-state index in [9.17, 15) is 25.1 Å². The average molecular weight is 536 g/mol. The van der Waals surface area contributed by atoms with Gasteiger partial charge in [0.05, 0.1) is 35.9 Å². The van der Waals surface area contributed by atoms with Gasteiger partial charge in [-0.25, -0.2) is 0 Å². The molecule has 3 atom stereocenters. The van der Waals surface area contributed by atoms with Crippen LogP contribution in [0.1, 0.15) is 34.3 Å². The average Bonchev–Trinajstić information content (AvgIpc) is 3.43. The van der Waals surface area contributed by atoms with Crippen molar-refractivity contribution in [2.75, 3.05) is 18.6 Å². The van der Waals surface area contributed by atoms with Crippen molar-refractivity contribution in [3.63, 3.8) is 0 Å². The molecule has 39 heavy (non-hydrogen) atoms. The van der Waals surface area contributed by atoms with Crippen LogP contribution in [-0.4, -0.2) is 58.3 Å². The van der Waals surface area contributed by atoms with E-state index in [0.717, 1.165) is 5.56 Å². The van der Waals surface area contributed by atoms with Crippen LogP contribution in [0.2, 0.25) is 0 Å². The molecule has 1 amide bonds. The van der Waals surface area contributed by atoms with E-state index in [2.05, 4.69) is 0 Å². The van der Waals surface area contributed by atoms with Crippen molar-refractivity contribution in [3.8, 4) is 11.5 Å². The van der Waals surface area contributed by atoms with Crippen LogP contribution in [-0.2, 0) is 18.0 Å². The largest absolute Gasteiger partial charge is 0.493 e. The van der Waals surface area contributed by atoms with Gasteiger partial charge in [-0.1, -0.05) is 30.3 Å². The summed E-state index contributed by atoms with van der Waals surface area (Å²) in [7, 11) is 1.48. The second-order valence-corrected chi connectivity index (χ2v) is 9.38. The second kappa shape index (κ2) is 11.3. The number of ether oxygens (including phenoxy) is 3. The summed E-state index contributed by atoms with van der Waals surface area (Å²) in [5, 5.41) is 33.5. The number of methoxy groups -OCH3 is 1. The predicted molar refractivity (Wildman–Crippen MR) is 140 cm³/mol. The van der Waals surface area contributed by atoms with Gasteiger partial charge in [-0.2, -0.15) is 0 Å². The number of carbonyl (C=O) groups excluding carboxylic acids is 1. The molecular weight excluding hydrogens is 506 g/mol. The van der Waals surface area contributed by atoms with Crippen LogP contribution in [0.5, 0.6) is 11.5 Å². The maximum absolute atomic E-state index is 13.6. The maximum Gasteiger partial charge on any atom is 0.269 e. The number of rotatable bonds is 9. The molecule has 3 aromatic rings. The third kappa shape index (κ3) is 5.37. The number of hydrogen-bond acceptors (Lipinski definition) is 9. The van der Waals surface area contributed by atoms with Gasteiger partial charge in [0.1, 0.15) is 6.61 Å². The summed E-state index contributed by atoms with van der Waals surface area (Å²) in [4.78, 5) is 26.9. The molecule has 2 aliphatic rings. The standard InChI is InChI=1S/C28H29N3O8/c1-37-24-14-21-23(15-25(24)38-16-18-6-3-2-4-7-18)30(27(33)22-8-5-13-29(22)26(21)32)28(34)39-17-19-9-11-20(12-10-19)31(35)36/h2-4,6-7,9-12,14-15,22,27-28,33-34H,5,8,13,16-17H2,1H3/t22-,27?,28?/m0/s1. The van der Waals surface area contributed by atoms with Crippen LogP contribution in [0.4, 0.5) is 11.4 Å². The lowest BCUT2D eigenvalue weighted by atomic mass is 10.1. The highest BCUT2D eigenvalue weighted by molar-refractivity contribution is 6.02. The Morgan fingerprint density at radius 3 is 2.46 bits per heavy atom. The predicted octanol–water partition coefficient (Wildman–Crippen LogP) is 3.42. The Bertz CT molecular complexity index is 1330. The maximum atomic E-state index is 13.6. The van der Waals surface area contributed by atoms with Crippen LogP contribution in [0.15, 0.2) is 66.7 Å². The van der Waals surface area contributed by atoms with Gasteiger partial charge in [0.25, 0.3) is 11.6 Å². The summed E-state index contributed by atoms with van der Waals surface area (Å²) < 4.78 is 17.3. The van der Waals surface area contributed by atoms with Crippen molar-refractivity contribution < 1.29 is 34.1 Å². The lowest BCUT2D eigenvalue weighted by molar-refractivity contribution is -0.384. The van der Waals surface area contributed by atoms with Crippen LogP contribution in [0.3, 0.4) is 0 Å². The van der Waals surface area contributed by atoms with Gasteiger partial charge >= 0.3 is 0 Å². The Labute approximate surface area is 224 Å². The zero-order chi connectivity index (χ0) is 27.5. The number of nitro benzene ring substituents is 1. The molecule has 2 N–H and O–H groups in total. The fourth-order valence-corrected chi connectivity index (χ4v) is 4.99. The van der Waals surface area contributed by atoms with E-state index in [1.54, 1.807) is 17.0 Å². The minimum absolute atomic E-state index is 0.0621. The first-order valence-electron chi connectivity index (χ1n) is 12.6. The molecule has 204 valence electrons. The summed E-state index contributed by atoms with van der Waals surface area (Å²) in [5.41, 5.74) is 1.93. The highest BCUT2D eigenvalue weighted by Crippen LogP contribution is 2.42. The Morgan fingerprint density at radius 2 is 1.77 bits per heavy atom. The number of benzene rings is 3. The van der Waals surface area contributed by atoms with Crippen LogP contribution >= 0.6 is 0 Å². The minimum Gasteiger partial charge on any atom is -0.493 e. The number of aliphatic hydroxyl groups is 2. The number of amides is 1. The fraction of sp³-hybridized carbons (Fsp3) is 0.321. The molecule has 2 aliphatic heterocycles. The van der Waals surface area contributed by atoms with Crippen molar-refractivity contribution >= 4 is 17.3 Å². The molecule has 0 aliphatic carbocycles. The van der Waals surface area contributed by atoms with Crippen molar-refractivity contribution in [2.24, 2.45) is 0 Å². The number of hydrogen-bond donors (Lipinski definition) is 2. The molecule has 0 radical (unpaired) electrons. The molecule has 0 saturated carbocycles. The summed E-state index contributed by atoms with van der Waals surface area (Å²) >= 11 is 0. The molecule has 1 saturated heterocycles. The van der Waals surface area contributed by atoms with Gasteiger partial charge in [-0.3, -0.25) is 19.8 Å². The van der Waals surface area contributed by atoms with Crippen molar-refractivity contribution in [2.45, 2.75) is 44.7 Å². The van der Waals surface area contributed by atoms with Gasteiger partial charge in [-0.15, -0.1) is 0 Å². The second-order valence-electron chi connectivity index (χ2n) is 9.38. The molecule has 2 unspecified atom stereocenters. The minimum atomic E-state index is -1.64. The Hall–Kier alpha value is -4.19. The van der Waals surface area contributed by atoms with E-state index in [-0.39, 0.29) is 36.1 Å². The fourth-order valence-electron chi connectivity index (χ4n) is 4.99. The third-order valence-electron chi connectivity index (χ3n) is 7.00. The van der Waals surface area contributed by atoms with Gasteiger partial charge in [0.15, 0.2) is 17.7 Å². The number of nitro groups is 1. The van der Waals surface area contributed by atoms with E-state index >= 15 is 0 Å². The number of carbonyl (C=O) groups is 1. The topological polar surface area (TPSA) is 135 Å². The molecular formula is C28H29N3O8. The first-order chi connectivity index (χ1) is 18.9. The first kappa shape index (κ1) is 26.4. The third-order valence-corrected chi connectivity index (χ3v) is 7.00. The summed E-state index contributed by atoms with van der Waals surface area (Å²) in [5.74, 6) is 0.380. The van der Waals surface area contributed by atoms with E-state index < -0.39 is 23.6 Å². The van der Waals surface area contributed by atoms with Crippen LogP contribution < -0.4 is 14.4 Å². The summed E-state index contributed by atoms with van der Waals surface area (Å²) in [6.45, 7) is 0.621.